The molecule has 2 aliphatic rings. The number of hydrogen-bond acceptors (Lipinski definition) is 5. The van der Waals surface area contributed by atoms with Crippen LogP contribution in [0.15, 0.2) is 6.07 Å². The van der Waals surface area contributed by atoms with Gasteiger partial charge >= 0.3 is 6.03 Å². The number of amides is 3. The van der Waals surface area contributed by atoms with Gasteiger partial charge in [-0.15, -0.1) is 0 Å². The van der Waals surface area contributed by atoms with Crippen molar-refractivity contribution in [3.8, 4) is 0 Å². The van der Waals surface area contributed by atoms with Gasteiger partial charge in [0.25, 0.3) is 5.91 Å². The Labute approximate surface area is 169 Å². The molecule has 0 aliphatic carbocycles. The van der Waals surface area contributed by atoms with Crippen molar-refractivity contribution in [2.75, 3.05) is 26.2 Å². The summed E-state index contributed by atoms with van der Waals surface area (Å²) in [4.78, 5) is 33.9. The summed E-state index contributed by atoms with van der Waals surface area (Å²) in [5, 5.41) is 14.6. The molecule has 0 spiro atoms. The van der Waals surface area contributed by atoms with Gasteiger partial charge in [-0.05, 0) is 33.8 Å². The van der Waals surface area contributed by atoms with E-state index in [2.05, 4.69) is 25.6 Å². The molecule has 4 rings (SSSR count). The molecule has 0 aromatic carbocycles. The quantitative estimate of drug-likeness (QED) is 0.784. The van der Waals surface area contributed by atoms with Crippen LogP contribution in [0, 0.1) is 19.8 Å². The number of urea groups is 1. The normalized spacial score (nSPS) is 23.7. The molecule has 10 nitrogen and oxygen atoms in total. The number of fused-ring (bicyclic) bond motifs is 1. The van der Waals surface area contributed by atoms with Crippen molar-refractivity contribution in [1.29, 1.82) is 0 Å². The summed E-state index contributed by atoms with van der Waals surface area (Å²) in [5.74, 6) is 1.38. The zero-order chi connectivity index (χ0) is 20.9. The number of nitrogens with zero attached hydrogens (tertiary/aromatic N) is 6. The van der Waals surface area contributed by atoms with Crippen molar-refractivity contribution < 1.29 is 9.59 Å². The number of aryl methyl sites for hydroxylation is 3. The van der Waals surface area contributed by atoms with E-state index in [0.29, 0.717) is 37.7 Å². The SMILES string of the molecule is Cc1nc([C@]23CN(C(=O)NC(C)C)C[C@H]2CN(C(=O)c2cc(C)n(C)n2)C3)n[nH]1. The second-order valence-electron chi connectivity index (χ2n) is 8.56. The van der Waals surface area contributed by atoms with Gasteiger partial charge in [0.1, 0.15) is 5.82 Å². The molecule has 2 N–H and O–H groups in total. The lowest BCUT2D eigenvalue weighted by Crippen LogP contribution is -2.46. The number of aromatic amines is 1. The lowest BCUT2D eigenvalue weighted by atomic mass is 9.80. The number of nitrogens with one attached hydrogen (secondary N) is 2. The Morgan fingerprint density at radius 1 is 1.24 bits per heavy atom. The molecule has 0 radical (unpaired) electrons. The highest BCUT2D eigenvalue weighted by Crippen LogP contribution is 2.44. The molecule has 0 unspecified atom stereocenters. The second kappa shape index (κ2) is 6.85. The predicted octanol–water partition coefficient (Wildman–Crippen LogP) is 0.599. The van der Waals surface area contributed by atoms with Crippen LogP contribution in [0.1, 0.15) is 41.7 Å². The Balaban J connectivity index is 1.61. The summed E-state index contributed by atoms with van der Waals surface area (Å²) in [6.07, 6.45) is 0. The van der Waals surface area contributed by atoms with Crippen LogP contribution in [0.2, 0.25) is 0 Å². The average Bonchev–Trinajstić information content (AvgIpc) is 3.37. The smallest absolute Gasteiger partial charge is 0.317 e. The zero-order valence-corrected chi connectivity index (χ0v) is 17.6. The largest absolute Gasteiger partial charge is 0.336 e. The van der Waals surface area contributed by atoms with Crippen LogP contribution >= 0.6 is 0 Å². The van der Waals surface area contributed by atoms with Gasteiger partial charge in [-0.25, -0.2) is 9.78 Å². The van der Waals surface area contributed by atoms with Gasteiger partial charge in [0.2, 0.25) is 0 Å². The van der Waals surface area contributed by atoms with Crippen LogP contribution in [-0.2, 0) is 12.5 Å². The third kappa shape index (κ3) is 3.26. The van der Waals surface area contributed by atoms with Crippen molar-refractivity contribution in [1.82, 2.24) is 40.1 Å². The van der Waals surface area contributed by atoms with Gasteiger partial charge in [0.15, 0.2) is 11.5 Å². The van der Waals surface area contributed by atoms with Crippen LogP contribution in [0.4, 0.5) is 4.79 Å². The third-order valence-corrected chi connectivity index (χ3v) is 5.97. The number of hydrogen-bond donors (Lipinski definition) is 2. The molecule has 29 heavy (non-hydrogen) atoms. The molecule has 4 heterocycles. The highest BCUT2D eigenvalue weighted by molar-refractivity contribution is 5.93. The maximum Gasteiger partial charge on any atom is 0.317 e. The summed E-state index contributed by atoms with van der Waals surface area (Å²) in [6.45, 7) is 9.73. The van der Waals surface area contributed by atoms with Gasteiger partial charge in [0.05, 0.1) is 5.41 Å². The minimum absolute atomic E-state index is 0.0649. The Morgan fingerprint density at radius 2 is 1.93 bits per heavy atom. The molecule has 2 aromatic heterocycles. The van der Waals surface area contributed by atoms with Crippen molar-refractivity contribution >= 4 is 11.9 Å². The van der Waals surface area contributed by atoms with Gasteiger partial charge in [0, 0.05) is 50.9 Å². The van der Waals surface area contributed by atoms with Crippen molar-refractivity contribution in [3.05, 3.63) is 29.1 Å². The summed E-state index contributed by atoms with van der Waals surface area (Å²) in [6, 6.07) is 1.79. The van der Waals surface area contributed by atoms with E-state index in [1.165, 1.54) is 0 Å². The van der Waals surface area contributed by atoms with Crippen molar-refractivity contribution in [2.24, 2.45) is 13.0 Å². The van der Waals surface area contributed by atoms with Gasteiger partial charge < -0.3 is 15.1 Å². The first-order valence-electron chi connectivity index (χ1n) is 9.94. The standard InChI is InChI=1S/C19H28N8O2/c1-11(2)20-18(29)27-8-14-7-26(16(28)15-6-12(3)25(5)24-15)9-19(14,10-27)17-21-13(4)22-23-17/h6,11,14H,7-10H2,1-5H3,(H,20,29)(H,21,22,23)/t14-,19-/m1/s1. The number of carbonyl (C=O) groups excluding carboxylic acids is 2. The second-order valence-corrected chi connectivity index (χ2v) is 8.56. The van der Waals surface area contributed by atoms with Gasteiger partial charge in [-0.2, -0.15) is 10.2 Å². The molecule has 2 atom stereocenters. The van der Waals surface area contributed by atoms with Crippen molar-refractivity contribution in [3.63, 3.8) is 0 Å². The van der Waals surface area contributed by atoms with Gasteiger partial charge in [-0.1, -0.05) is 0 Å². The molecule has 0 saturated carbocycles. The fraction of sp³-hybridized carbons (Fsp3) is 0.632. The Hall–Kier alpha value is -2.91. The Morgan fingerprint density at radius 3 is 2.52 bits per heavy atom. The van der Waals surface area contributed by atoms with Crippen LogP contribution in [0.5, 0.6) is 0 Å². The fourth-order valence-electron chi connectivity index (χ4n) is 4.42. The minimum atomic E-state index is -0.474. The fourth-order valence-corrected chi connectivity index (χ4v) is 4.42. The number of H-pyrrole nitrogens is 1. The van der Waals surface area contributed by atoms with Crippen LogP contribution in [0.3, 0.4) is 0 Å². The molecule has 0 bridgehead atoms. The maximum atomic E-state index is 13.1. The van der Waals surface area contributed by atoms with E-state index in [1.807, 2.05) is 50.6 Å². The molecular weight excluding hydrogens is 372 g/mol. The first kappa shape index (κ1) is 19.4. The Bertz CT molecular complexity index is 928. The molecule has 3 amide bonds. The molecule has 156 valence electrons. The highest BCUT2D eigenvalue weighted by atomic mass is 16.2. The van der Waals surface area contributed by atoms with E-state index in [9.17, 15) is 9.59 Å². The number of carbonyl (C=O) groups is 2. The van der Waals surface area contributed by atoms with Crippen LogP contribution in [0.25, 0.3) is 0 Å². The highest BCUT2D eigenvalue weighted by Gasteiger charge is 2.58. The molecule has 2 saturated heterocycles. The first-order valence-corrected chi connectivity index (χ1v) is 9.94. The first-order chi connectivity index (χ1) is 13.7. The third-order valence-electron chi connectivity index (χ3n) is 5.97. The Kier molecular flexibility index (Phi) is 4.59. The van der Waals surface area contributed by atoms with E-state index in [1.54, 1.807) is 4.68 Å². The van der Waals surface area contributed by atoms with E-state index < -0.39 is 5.41 Å². The monoisotopic (exact) mass is 400 g/mol. The van der Waals surface area contributed by atoms with Crippen molar-refractivity contribution in [2.45, 2.75) is 39.2 Å². The zero-order valence-electron chi connectivity index (χ0n) is 17.6. The lowest BCUT2D eigenvalue weighted by Gasteiger charge is -2.27. The van der Waals surface area contributed by atoms with E-state index in [4.69, 9.17) is 0 Å². The minimum Gasteiger partial charge on any atom is -0.336 e. The van der Waals surface area contributed by atoms with E-state index in [-0.39, 0.29) is 23.9 Å². The number of aromatic nitrogens is 5. The molecule has 2 aliphatic heterocycles. The molecule has 10 heteroatoms. The van der Waals surface area contributed by atoms with Gasteiger partial charge in [-0.3, -0.25) is 14.6 Å². The average molecular weight is 400 g/mol. The van der Waals surface area contributed by atoms with E-state index >= 15 is 0 Å². The summed E-state index contributed by atoms with van der Waals surface area (Å²) < 4.78 is 1.70. The van der Waals surface area contributed by atoms with Crippen LogP contribution in [-0.4, -0.2) is 78.9 Å². The number of likely N-dealkylation sites (tertiary alicyclic amines) is 2. The number of rotatable bonds is 3. The summed E-state index contributed by atoms with van der Waals surface area (Å²) in [5.41, 5.74) is 0.905. The summed E-state index contributed by atoms with van der Waals surface area (Å²) >= 11 is 0. The molecular formula is C19H28N8O2. The van der Waals surface area contributed by atoms with E-state index in [0.717, 1.165) is 11.5 Å². The maximum absolute atomic E-state index is 13.1. The molecule has 2 fully saturated rings. The predicted molar refractivity (Wildman–Crippen MR) is 105 cm³/mol. The lowest BCUT2D eigenvalue weighted by molar-refractivity contribution is 0.0766. The molecule has 2 aromatic rings. The summed E-state index contributed by atoms with van der Waals surface area (Å²) in [7, 11) is 1.83. The topological polar surface area (TPSA) is 112 Å². The van der Waals surface area contributed by atoms with Crippen LogP contribution < -0.4 is 5.32 Å².